The Labute approximate surface area is 178 Å². The minimum Gasteiger partial charge on any atom is -0.490 e. The number of piperazine rings is 1. The number of ether oxygens (including phenoxy) is 1. The summed E-state index contributed by atoms with van der Waals surface area (Å²) in [4.78, 5) is 23.6. The maximum Gasteiger partial charge on any atom is 0.236 e. The number of benzene rings is 1. The zero-order valence-corrected chi connectivity index (χ0v) is 18.0. The quantitative estimate of drug-likeness (QED) is 0.414. The van der Waals surface area contributed by atoms with Gasteiger partial charge < -0.3 is 19.9 Å². The third-order valence-corrected chi connectivity index (χ3v) is 5.58. The van der Waals surface area contributed by atoms with Crippen LogP contribution in [0.1, 0.15) is 19.8 Å². The molecule has 0 atom stereocenters. The van der Waals surface area contributed by atoms with Gasteiger partial charge in [-0.2, -0.15) is 0 Å². The van der Waals surface area contributed by atoms with E-state index < -0.39 is 0 Å². The lowest BCUT2D eigenvalue weighted by molar-refractivity contribution is -0.131. The van der Waals surface area contributed by atoms with E-state index >= 15 is 0 Å². The highest BCUT2D eigenvalue weighted by atomic mass is 35.5. The number of halogens is 1. The number of nitrogens with zero attached hydrogens (tertiary/aromatic N) is 4. The second kappa shape index (κ2) is 11.3. The molecule has 2 aliphatic heterocycles. The number of carbonyl (C=O) groups excluding carboxylic acids is 1. The molecule has 160 valence electrons. The molecule has 29 heavy (non-hydrogen) atoms. The molecule has 2 aliphatic rings. The molecular weight excluding hydrogens is 390 g/mol. The minimum absolute atomic E-state index is 0.272. The number of para-hydroxylation sites is 1. The Morgan fingerprint density at radius 3 is 2.52 bits per heavy atom. The number of guanidine groups is 1. The van der Waals surface area contributed by atoms with E-state index in [0.29, 0.717) is 30.5 Å². The molecule has 0 spiro atoms. The Hall–Kier alpha value is -1.99. The molecule has 1 aromatic rings. The Kier molecular flexibility index (Phi) is 8.43. The van der Waals surface area contributed by atoms with Gasteiger partial charge in [-0.15, -0.1) is 0 Å². The van der Waals surface area contributed by atoms with E-state index in [1.54, 1.807) is 0 Å². The first-order chi connectivity index (χ1) is 14.2. The zero-order chi connectivity index (χ0) is 20.5. The zero-order valence-electron chi connectivity index (χ0n) is 17.3. The van der Waals surface area contributed by atoms with Gasteiger partial charge in [0.1, 0.15) is 12.4 Å². The first-order valence-electron chi connectivity index (χ1n) is 10.6. The van der Waals surface area contributed by atoms with Crippen LogP contribution in [0.25, 0.3) is 0 Å². The van der Waals surface area contributed by atoms with Crippen molar-refractivity contribution >= 4 is 23.5 Å². The molecule has 0 aliphatic carbocycles. The molecule has 2 fully saturated rings. The fourth-order valence-electron chi connectivity index (χ4n) is 3.67. The predicted molar refractivity (Wildman–Crippen MR) is 117 cm³/mol. The predicted octanol–water partition coefficient (Wildman–Crippen LogP) is 1.92. The van der Waals surface area contributed by atoms with E-state index in [0.717, 1.165) is 64.6 Å². The van der Waals surface area contributed by atoms with Crippen molar-refractivity contribution in [2.45, 2.75) is 19.8 Å². The highest BCUT2D eigenvalue weighted by Gasteiger charge is 2.24. The van der Waals surface area contributed by atoms with E-state index in [9.17, 15) is 4.79 Å². The van der Waals surface area contributed by atoms with E-state index in [1.807, 2.05) is 29.2 Å². The number of hydrogen-bond donors (Lipinski definition) is 1. The normalized spacial score (nSPS) is 18.2. The Morgan fingerprint density at radius 2 is 1.83 bits per heavy atom. The van der Waals surface area contributed by atoms with E-state index in [1.165, 1.54) is 0 Å². The molecule has 1 N–H and O–H groups in total. The van der Waals surface area contributed by atoms with Gasteiger partial charge in [-0.25, -0.2) is 4.99 Å². The van der Waals surface area contributed by atoms with Crippen LogP contribution >= 0.6 is 11.6 Å². The second-order valence-electron chi connectivity index (χ2n) is 7.37. The monoisotopic (exact) mass is 421 g/mol. The summed E-state index contributed by atoms with van der Waals surface area (Å²) in [5.74, 6) is 1.86. The molecule has 0 saturated carbocycles. The van der Waals surface area contributed by atoms with Gasteiger partial charge in [-0.05, 0) is 31.9 Å². The van der Waals surface area contributed by atoms with Gasteiger partial charge >= 0.3 is 0 Å². The average molecular weight is 422 g/mol. The van der Waals surface area contributed by atoms with Crippen molar-refractivity contribution in [3.05, 3.63) is 29.3 Å². The molecule has 7 nitrogen and oxygen atoms in total. The van der Waals surface area contributed by atoms with Gasteiger partial charge in [0.25, 0.3) is 0 Å². The number of carbonyl (C=O) groups is 1. The van der Waals surface area contributed by atoms with Gasteiger partial charge in [0.2, 0.25) is 5.91 Å². The largest absolute Gasteiger partial charge is 0.490 e. The summed E-state index contributed by atoms with van der Waals surface area (Å²) < 4.78 is 5.73. The van der Waals surface area contributed by atoms with Crippen molar-refractivity contribution in [1.29, 1.82) is 0 Å². The molecule has 0 radical (unpaired) electrons. The molecule has 0 unspecified atom stereocenters. The molecule has 3 rings (SSSR count). The average Bonchev–Trinajstić information content (AvgIpc) is 3.27. The maximum atomic E-state index is 12.4. The van der Waals surface area contributed by atoms with Gasteiger partial charge in [0.05, 0.1) is 18.1 Å². The topological polar surface area (TPSA) is 60.4 Å². The molecule has 1 aromatic carbocycles. The van der Waals surface area contributed by atoms with Crippen molar-refractivity contribution in [2.75, 3.05) is 65.5 Å². The Balaban J connectivity index is 1.43. The fraction of sp³-hybridized carbons (Fsp3) is 0.619. The molecule has 1 amide bonds. The smallest absolute Gasteiger partial charge is 0.236 e. The van der Waals surface area contributed by atoms with Crippen molar-refractivity contribution in [2.24, 2.45) is 4.99 Å². The Bertz CT molecular complexity index is 685. The van der Waals surface area contributed by atoms with Gasteiger partial charge in [-0.1, -0.05) is 23.7 Å². The molecule has 2 heterocycles. The summed E-state index contributed by atoms with van der Waals surface area (Å²) in [6.07, 6.45) is 2.28. The lowest BCUT2D eigenvalue weighted by Crippen LogP contribution is -2.54. The maximum absolute atomic E-state index is 12.4. The molecule has 0 bridgehead atoms. The van der Waals surface area contributed by atoms with Crippen molar-refractivity contribution < 1.29 is 9.53 Å². The second-order valence-corrected chi connectivity index (χ2v) is 7.77. The standard InChI is InChI=1S/C21H32ClN5O2/c1-2-23-21(24-9-16-29-19-8-4-3-7-18(19)22)27-14-12-25(13-15-27)17-20(28)26-10-5-6-11-26/h3-4,7-8H,2,5-6,9-17H2,1H3,(H,23,24). The van der Waals surface area contributed by atoms with Gasteiger partial charge in [-0.3, -0.25) is 9.69 Å². The van der Waals surface area contributed by atoms with Crippen LogP contribution in [0.2, 0.25) is 5.02 Å². The van der Waals surface area contributed by atoms with Crippen LogP contribution in [-0.2, 0) is 4.79 Å². The molecule has 2 saturated heterocycles. The highest BCUT2D eigenvalue weighted by Crippen LogP contribution is 2.22. The highest BCUT2D eigenvalue weighted by molar-refractivity contribution is 6.32. The Morgan fingerprint density at radius 1 is 1.10 bits per heavy atom. The summed E-state index contributed by atoms with van der Waals surface area (Å²) in [7, 11) is 0. The van der Waals surface area contributed by atoms with E-state index in [2.05, 4.69) is 22.0 Å². The van der Waals surface area contributed by atoms with Crippen LogP contribution in [0.15, 0.2) is 29.3 Å². The first kappa shape index (κ1) is 21.7. The summed E-state index contributed by atoms with van der Waals surface area (Å²) in [6, 6.07) is 7.47. The van der Waals surface area contributed by atoms with Crippen LogP contribution in [0, 0.1) is 0 Å². The van der Waals surface area contributed by atoms with Crippen LogP contribution in [0.4, 0.5) is 0 Å². The number of nitrogens with one attached hydrogen (secondary N) is 1. The molecule has 0 aromatic heterocycles. The first-order valence-corrected chi connectivity index (χ1v) is 11.0. The van der Waals surface area contributed by atoms with Crippen LogP contribution in [0.3, 0.4) is 0 Å². The SMILES string of the molecule is CCNC(=NCCOc1ccccc1Cl)N1CCN(CC(=O)N2CCCC2)CC1. The number of likely N-dealkylation sites (tertiary alicyclic amines) is 1. The third-order valence-electron chi connectivity index (χ3n) is 5.27. The van der Waals surface area contributed by atoms with Crippen LogP contribution < -0.4 is 10.1 Å². The summed E-state index contributed by atoms with van der Waals surface area (Å²) in [5.41, 5.74) is 0. The number of hydrogen-bond acceptors (Lipinski definition) is 4. The fourth-order valence-corrected chi connectivity index (χ4v) is 3.86. The van der Waals surface area contributed by atoms with Crippen LogP contribution in [0.5, 0.6) is 5.75 Å². The van der Waals surface area contributed by atoms with Crippen molar-refractivity contribution in [3.63, 3.8) is 0 Å². The molecule has 8 heteroatoms. The lowest BCUT2D eigenvalue weighted by Gasteiger charge is -2.36. The van der Waals surface area contributed by atoms with Gasteiger partial charge in [0.15, 0.2) is 5.96 Å². The molecular formula is C21H32ClN5O2. The van der Waals surface area contributed by atoms with Gasteiger partial charge in [0, 0.05) is 45.8 Å². The lowest BCUT2D eigenvalue weighted by atomic mass is 10.3. The summed E-state index contributed by atoms with van der Waals surface area (Å²) in [5, 5.41) is 3.98. The van der Waals surface area contributed by atoms with Crippen molar-refractivity contribution in [3.8, 4) is 5.75 Å². The van der Waals surface area contributed by atoms with E-state index in [4.69, 9.17) is 21.3 Å². The summed E-state index contributed by atoms with van der Waals surface area (Å²) >= 11 is 6.12. The number of amides is 1. The van der Waals surface area contributed by atoms with Crippen LogP contribution in [-0.4, -0.2) is 92.1 Å². The van der Waals surface area contributed by atoms with Crippen molar-refractivity contribution in [1.82, 2.24) is 20.0 Å². The summed E-state index contributed by atoms with van der Waals surface area (Å²) in [6.45, 7) is 9.78. The number of aliphatic imine (C=N–C) groups is 1. The van der Waals surface area contributed by atoms with E-state index in [-0.39, 0.29) is 5.91 Å². The third kappa shape index (κ3) is 6.51. The number of rotatable bonds is 7. The minimum atomic E-state index is 0.272.